The SMILES string of the molecule is CCC(CC)NC(=O)C1CN(C(=O)CCc2ncc(-c3ccc(F)cc3F)o2)c2ccccc2O1. The number of aromatic nitrogens is 1. The van der Waals surface area contributed by atoms with E-state index in [-0.39, 0.29) is 54.5 Å². The predicted octanol–water partition coefficient (Wildman–Crippen LogP) is 4.65. The van der Waals surface area contributed by atoms with E-state index in [0.717, 1.165) is 25.0 Å². The highest BCUT2D eigenvalue weighted by Crippen LogP contribution is 2.34. The fraction of sp³-hybridized carbons (Fsp3) is 0.346. The Morgan fingerprint density at radius 1 is 1.17 bits per heavy atom. The highest BCUT2D eigenvalue weighted by Gasteiger charge is 2.34. The maximum absolute atomic E-state index is 14.0. The minimum atomic E-state index is -0.829. The van der Waals surface area contributed by atoms with E-state index in [1.54, 1.807) is 29.2 Å². The van der Waals surface area contributed by atoms with Crippen molar-refractivity contribution >= 4 is 17.5 Å². The molecule has 0 bridgehead atoms. The monoisotopic (exact) mass is 483 g/mol. The maximum Gasteiger partial charge on any atom is 0.263 e. The second-order valence-corrected chi connectivity index (χ2v) is 8.34. The van der Waals surface area contributed by atoms with E-state index >= 15 is 0 Å². The number of nitrogens with zero attached hydrogens (tertiary/aromatic N) is 2. The van der Waals surface area contributed by atoms with Crippen LogP contribution in [0.1, 0.15) is 39.0 Å². The van der Waals surface area contributed by atoms with Crippen LogP contribution in [0.2, 0.25) is 0 Å². The summed E-state index contributed by atoms with van der Waals surface area (Å²) in [6, 6.07) is 10.3. The molecule has 0 radical (unpaired) electrons. The second kappa shape index (κ2) is 10.7. The molecule has 0 saturated carbocycles. The van der Waals surface area contributed by atoms with Crippen molar-refractivity contribution in [3.63, 3.8) is 0 Å². The lowest BCUT2D eigenvalue weighted by atomic mass is 10.1. The van der Waals surface area contributed by atoms with Crippen LogP contribution >= 0.6 is 0 Å². The quantitative estimate of drug-likeness (QED) is 0.504. The molecule has 35 heavy (non-hydrogen) atoms. The molecule has 0 saturated heterocycles. The number of nitrogens with one attached hydrogen (secondary N) is 1. The molecule has 2 heterocycles. The minimum absolute atomic E-state index is 0.0394. The summed E-state index contributed by atoms with van der Waals surface area (Å²) in [7, 11) is 0. The summed E-state index contributed by atoms with van der Waals surface area (Å²) >= 11 is 0. The van der Waals surface area contributed by atoms with Crippen molar-refractivity contribution in [2.75, 3.05) is 11.4 Å². The summed E-state index contributed by atoms with van der Waals surface area (Å²) in [4.78, 5) is 31.7. The van der Waals surface area contributed by atoms with E-state index in [1.165, 1.54) is 12.3 Å². The number of aryl methyl sites for hydroxylation is 1. The number of benzene rings is 2. The van der Waals surface area contributed by atoms with Crippen LogP contribution in [0.4, 0.5) is 14.5 Å². The number of ether oxygens (including phenoxy) is 1. The summed E-state index contributed by atoms with van der Waals surface area (Å²) in [5.41, 5.74) is 0.676. The molecule has 1 aliphatic rings. The van der Waals surface area contributed by atoms with Crippen molar-refractivity contribution in [2.24, 2.45) is 0 Å². The number of carbonyl (C=O) groups is 2. The van der Waals surface area contributed by atoms with Crippen LogP contribution < -0.4 is 15.0 Å². The average molecular weight is 484 g/mol. The van der Waals surface area contributed by atoms with E-state index in [1.807, 2.05) is 13.8 Å². The van der Waals surface area contributed by atoms with Gasteiger partial charge in [0.25, 0.3) is 5.91 Å². The Hall–Kier alpha value is -3.75. The third-order valence-electron chi connectivity index (χ3n) is 6.00. The van der Waals surface area contributed by atoms with Gasteiger partial charge in [0.15, 0.2) is 17.8 Å². The number of fused-ring (bicyclic) bond motifs is 1. The zero-order valence-corrected chi connectivity index (χ0v) is 19.6. The molecule has 184 valence electrons. The summed E-state index contributed by atoms with van der Waals surface area (Å²) in [6.07, 6.45) is 2.34. The Labute approximate surface area is 202 Å². The lowest BCUT2D eigenvalue weighted by Gasteiger charge is -2.34. The average Bonchev–Trinajstić information content (AvgIpc) is 3.33. The van der Waals surface area contributed by atoms with Gasteiger partial charge in [-0.05, 0) is 37.1 Å². The number of amides is 2. The van der Waals surface area contributed by atoms with Crippen LogP contribution in [-0.2, 0) is 16.0 Å². The van der Waals surface area contributed by atoms with Gasteiger partial charge in [-0.25, -0.2) is 13.8 Å². The zero-order valence-electron chi connectivity index (χ0n) is 19.6. The Kier molecular flexibility index (Phi) is 7.43. The number of hydrogen-bond acceptors (Lipinski definition) is 5. The Morgan fingerprint density at radius 3 is 2.69 bits per heavy atom. The molecule has 1 unspecified atom stereocenters. The number of anilines is 1. The minimum Gasteiger partial charge on any atom is -0.477 e. The standard InChI is InChI=1S/C26H27F2N3O4/c1-3-17(4-2)30-26(33)23-15-31(20-7-5-6-8-21(20)34-23)25(32)12-11-24-29-14-22(35-24)18-10-9-16(27)13-19(18)28/h5-10,13-14,17,23H,3-4,11-12,15H2,1-2H3,(H,30,33). The maximum atomic E-state index is 14.0. The first-order valence-corrected chi connectivity index (χ1v) is 11.7. The van der Waals surface area contributed by atoms with Crippen LogP contribution in [-0.4, -0.2) is 35.5 Å². The Morgan fingerprint density at radius 2 is 1.94 bits per heavy atom. The molecule has 0 spiro atoms. The van der Waals surface area contributed by atoms with Gasteiger partial charge in [0.1, 0.15) is 17.4 Å². The van der Waals surface area contributed by atoms with Crippen molar-refractivity contribution in [3.8, 4) is 17.1 Å². The van der Waals surface area contributed by atoms with Gasteiger partial charge in [0, 0.05) is 24.9 Å². The summed E-state index contributed by atoms with van der Waals surface area (Å²) in [6.45, 7) is 4.08. The van der Waals surface area contributed by atoms with Crippen molar-refractivity contribution < 1.29 is 27.5 Å². The van der Waals surface area contributed by atoms with E-state index in [2.05, 4.69) is 10.3 Å². The molecule has 0 fully saturated rings. The molecular weight excluding hydrogens is 456 g/mol. The normalized spacial score (nSPS) is 15.0. The van der Waals surface area contributed by atoms with Crippen LogP contribution in [0.15, 0.2) is 53.1 Å². The molecule has 7 nitrogen and oxygen atoms in total. The fourth-order valence-electron chi connectivity index (χ4n) is 3.98. The zero-order chi connectivity index (χ0) is 24.9. The second-order valence-electron chi connectivity index (χ2n) is 8.34. The first-order chi connectivity index (χ1) is 16.9. The molecule has 9 heteroatoms. The van der Waals surface area contributed by atoms with Crippen LogP contribution in [0, 0.1) is 11.6 Å². The molecule has 4 rings (SSSR count). The third-order valence-corrected chi connectivity index (χ3v) is 6.00. The number of rotatable bonds is 8. The van der Waals surface area contributed by atoms with Gasteiger partial charge in [-0.2, -0.15) is 0 Å². The van der Waals surface area contributed by atoms with Gasteiger partial charge < -0.3 is 19.4 Å². The number of hydrogen-bond donors (Lipinski definition) is 1. The van der Waals surface area contributed by atoms with Gasteiger partial charge in [0.05, 0.1) is 24.0 Å². The molecule has 3 aromatic rings. The largest absolute Gasteiger partial charge is 0.477 e. The fourth-order valence-corrected chi connectivity index (χ4v) is 3.98. The number of carbonyl (C=O) groups excluding carboxylic acids is 2. The number of halogens is 2. The molecule has 1 N–H and O–H groups in total. The Balaban J connectivity index is 1.45. The third kappa shape index (κ3) is 5.50. The molecule has 1 aromatic heterocycles. The Bertz CT molecular complexity index is 1210. The predicted molar refractivity (Wildman–Crippen MR) is 126 cm³/mol. The molecular formula is C26H27F2N3O4. The van der Waals surface area contributed by atoms with Crippen LogP contribution in [0.5, 0.6) is 5.75 Å². The summed E-state index contributed by atoms with van der Waals surface area (Å²) < 4.78 is 38.7. The summed E-state index contributed by atoms with van der Waals surface area (Å²) in [5, 5.41) is 2.98. The molecule has 2 amide bonds. The van der Waals surface area contributed by atoms with Gasteiger partial charge >= 0.3 is 0 Å². The molecule has 0 aliphatic carbocycles. The van der Waals surface area contributed by atoms with Gasteiger partial charge in [-0.3, -0.25) is 9.59 Å². The van der Waals surface area contributed by atoms with Crippen molar-refractivity contribution in [1.29, 1.82) is 0 Å². The van der Waals surface area contributed by atoms with Crippen LogP contribution in [0.3, 0.4) is 0 Å². The van der Waals surface area contributed by atoms with Gasteiger partial charge in [-0.1, -0.05) is 26.0 Å². The topological polar surface area (TPSA) is 84.7 Å². The molecule has 2 aromatic carbocycles. The van der Waals surface area contributed by atoms with Gasteiger partial charge in [-0.15, -0.1) is 0 Å². The van der Waals surface area contributed by atoms with Crippen molar-refractivity contribution in [3.05, 3.63) is 66.2 Å². The highest BCUT2D eigenvalue weighted by atomic mass is 19.1. The van der Waals surface area contributed by atoms with Crippen molar-refractivity contribution in [2.45, 2.75) is 51.7 Å². The lowest BCUT2D eigenvalue weighted by Crippen LogP contribution is -2.52. The van der Waals surface area contributed by atoms with E-state index in [4.69, 9.17) is 9.15 Å². The smallest absolute Gasteiger partial charge is 0.263 e. The van der Waals surface area contributed by atoms with E-state index in [0.29, 0.717) is 11.4 Å². The lowest BCUT2D eigenvalue weighted by molar-refractivity contribution is -0.129. The number of para-hydroxylation sites is 2. The van der Waals surface area contributed by atoms with Crippen LogP contribution in [0.25, 0.3) is 11.3 Å². The van der Waals surface area contributed by atoms with E-state index < -0.39 is 17.7 Å². The molecule has 1 aliphatic heterocycles. The number of oxazole rings is 1. The van der Waals surface area contributed by atoms with Crippen molar-refractivity contribution in [1.82, 2.24) is 10.3 Å². The summed E-state index contributed by atoms with van der Waals surface area (Å²) in [5.74, 6) is -1.07. The highest BCUT2D eigenvalue weighted by molar-refractivity contribution is 5.97. The first kappa shape index (κ1) is 24.4. The van der Waals surface area contributed by atoms with E-state index in [9.17, 15) is 18.4 Å². The molecule has 1 atom stereocenters. The van der Waals surface area contributed by atoms with Gasteiger partial charge in [0.2, 0.25) is 5.91 Å². The first-order valence-electron chi connectivity index (χ1n) is 11.7.